The monoisotopic (exact) mass is 473 g/mol. The molecule has 1 N–H and O–H groups in total. The van der Waals surface area contributed by atoms with Gasteiger partial charge in [-0.3, -0.25) is 14.4 Å². The van der Waals surface area contributed by atoms with E-state index < -0.39 is 11.9 Å². The SMILES string of the molecule is CCOc1ccc(C2C3=C(CCCC3=O)N(CC(=O)O)C3=C2C(=O)CCC3)cc1Br. The summed E-state index contributed by atoms with van der Waals surface area (Å²) in [7, 11) is 0. The molecule has 1 aliphatic heterocycles. The Bertz CT molecular complexity index is 949. The number of rotatable bonds is 5. The van der Waals surface area contributed by atoms with Crippen LogP contribution in [0.2, 0.25) is 0 Å². The molecule has 0 aromatic heterocycles. The van der Waals surface area contributed by atoms with Gasteiger partial charge in [-0.15, -0.1) is 0 Å². The van der Waals surface area contributed by atoms with Crippen LogP contribution in [0.1, 0.15) is 56.9 Å². The Labute approximate surface area is 183 Å². The van der Waals surface area contributed by atoms with Crippen molar-refractivity contribution < 1.29 is 24.2 Å². The van der Waals surface area contributed by atoms with Gasteiger partial charge in [-0.1, -0.05) is 6.07 Å². The summed E-state index contributed by atoms with van der Waals surface area (Å²) in [6.45, 7) is 2.22. The van der Waals surface area contributed by atoms with Gasteiger partial charge in [0.15, 0.2) is 11.6 Å². The molecule has 3 aliphatic rings. The van der Waals surface area contributed by atoms with Gasteiger partial charge >= 0.3 is 5.97 Å². The molecule has 2 aliphatic carbocycles. The van der Waals surface area contributed by atoms with E-state index in [9.17, 15) is 19.5 Å². The molecule has 0 spiro atoms. The molecule has 0 saturated carbocycles. The van der Waals surface area contributed by atoms with Crippen LogP contribution in [-0.2, 0) is 14.4 Å². The van der Waals surface area contributed by atoms with Gasteiger partial charge in [-0.2, -0.15) is 0 Å². The number of carbonyl (C=O) groups is 3. The molecule has 158 valence electrons. The number of benzene rings is 1. The lowest BCUT2D eigenvalue weighted by Crippen LogP contribution is -2.41. The topological polar surface area (TPSA) is 83.9 Å². The molecule has 0 fully saturated rings. The van der Waals surface area contributed by atoms with Crippen LogP contribution in [0.5, 0.6) is 5.75 Å². The summed E-state index contributed by atoms with van der Waals surface area (Å²) in [6.07, 6.45) is 3.53. The maximum Gasteiger partial charge on any atom is 0.323 e. The van der Waals surface area contributed by atoms with Gasteiger partial charge in [0.05, 0.1) is 11.1 Å². The van der Waals surface area contributed by atoms with Crippen LogP contribution < -0.4 is 4.74 Å². The average Bonchev–Trinajstić information content (AvgIpc) is 2.70. The first-order chi connectivity index (χ1) is 14.4. The Kier molecular flexibility index (Phi) is 5.82. The highest BCUT2D eigenvalue weighted by atomic mass is 79.9. The van der Waals surface area contributed by atoms with E-state index in [-0.39, 0.29) is 18.1 Å². The minimum absolute atomic E-state index is 0.00608. The smallest absolute Gasteiger partial charge is 0.323 e. The molecule has 1 aromatic carbocycles. The van der Waals surface area contributed by atoms with Gasteiger partial charge in [-0.25, -0.2) is 0 Å². The number of halogens is 1. The molecular formula is C23H24BrNO5. The standard InChI is InChI=1S/C23H24BrNO5/c1-2-30-19-10-9-13(11-14(19)24)21-22-15(5-3-7-17(22)26)25(12-20(28)29)16-6-4-8-18(27)23(16)21/h9-11,21H,2-8,12H2,1H3,(H,28,29). The normalized spacial score (nSPS) is 19.7. The van der Waals surface area contributed by atoms with E-state index in [1.54, 1.807) is 4.90 Å². The van der Waals surface area contributed by atoms with Crippen LogP contribution in [-0.4, -0.2) is 40.7 Å². The van der Waals surface area contributed by atoms with Gasteiger partial charge < -0.3 is 14.7 Å². The molecule has 0 bridgehead atoms. The minimum Gasteiger partial charge on any atom is -0.493 e. The number of hydrogen-bond acceptors (Lipinski definition) is 5. The zero-order chi connectivity index (χ0) is 21.4. The fourth-order valence-corrected chi connectivity index (χ4v) is 5.36. The number of allylic oxidation sites excluding steroid dienone is 4. The molecule has 0 atom stereocenters. The van der Waals surface area contributed by atoms with Crippen LogP contribution >= 0.6 is 15.9 Å². The molecule has 6 nitrogen and oxygen atoms in total. The number of nitrogens with zero attached hydrogens (tertiary/aromatic N) is 1. The highest BCUT2D eigenvalue weighted by Gasteiger charge is 2.43. The molecule has 0 saturated heterocycles. The Morgan fingerprint density at radius 3 is 2.20 bits per heavy atom. The second-order valence-electron chi connectivity index (χ2n) is 7.81. The van der Waals surface area contributed by atoms with E-state index in [1.807, 2.05) is 25.1 Å². The molecular weight excluding hydrogens is 450 g/mol. The van der Waals surface area contributed by atoms with Crippen molar-refractivity contribution in [3.63, 3.8) is 0 Å². The van der Waals surface area contributed by atoms with E-state index in [4.69, 9.17) is 4.74 Å². The predicted octanol–water partition coefficient (Wildman–Crippen LogP) is 4.35. The summed E-state index contributed by atoms with van der Waals surface area (Å²) in [4.78, 5) is 39.5. The molecule has 0 radical (unpaired) electrons. The van der Waals surface area contributed by atoms with Crippen LogP contribution in [0.4, 0.5) is 0 Å². The molecule has 1 heterocycles. The van der Waals surface area contributed by atoms with Crippen molar-refractivity contribution in [2.75, 3.05) is 13.2 Å². The van der Waals surface area contributed by atoms with Crippen LogP contribution in [0.15, 0.2) is 45.2 Å². The van der Waals surface area contributed by atoms with Crippen LogP contribution in [0.3, 0.4) is 0 Å². The van der Waals surface area contributed by atoms with E-state index >= 15 is 0 Å². The first-order valence-electron chi connectivity index (χ1n) is 10.4. The second kappa shape index (κ2) is 8.38. The lowest BCUT2D eigenvalue weighted by atomic mass is 9.71. The first kappa shape index (κ1) is 20.8. The predicted molar refractivity (Wildman–Crippen MR) is 114 cm³/mol. The van der Waals surface area contributed by atoms with Gasteiger partial charge in [0.25, 0.3) is 0 Å². The van der Waals surface area contributed by atoms with E-state index in [0.717, 1.165) is 21.4 Å². The highest BCUT2D eigenvalue weighted by molar-refractivity contribution is 9.10. The van der Waals surface area contributed by atoms with Crippen molar-refractivity contribution in [2.45, 2.75) is 51.4 Å². The Balaban J connectivity index is 1.92. The summed E-state index contributed by atoms with van der Waals surface area (Å²) in [5.41, 5.74) is 3.58. The van der Waals surface area contributed by atoms with Crippen molar-refractivity contribution in [1.29, 1.82) is 0 Å². The molecule has 4 rings (SSSR count). The molecule has 0 amide bonds. The summed E-state index contributed by atoms with van der Waals surface area (Å²) in [5.74, 6) is -0.698. The zero-order valence-electron chi connectivity index (χ0n) is 16.9. The lowest BCUT2D eigenvalue weighted by molar-refractivity contribution is -0.138. The number of aliphatic carboxylic acids is 1. The fourth-order valence-electron chi connectivity index (χ4n) is 4.85. The van der Waals surface area contributed by atoms with Crippen molar-refractivity contribution in [3.05, 3.63) is 50.8 Å². The van der Waals surface area contributed by atoms with Gasteiger partial charge in [-0.05, 0) is 66.2 Å². The number of Topliss-reactive ketones (excluding diaryl/α,β-unsaturated/α-hetero) is 2. The van der Waals surface area contributed by atoms with Crippen molar-refractivity contribution in [2.24, 2.45) is 0 Å². The Morgan fingerprint density at radius 1 is 1.10 bits per heavy atom. The molecule has 1 aromatic rings. The maximum absolute atomic E-state index is 13.1. The van der Waals surface area contributed by atoms with Crippen LogP contribution in [0.25, 0.3) is 0 Å². The van der Waals surface area contributed by atoms with Gasteiger partial charge in [0.2, 0.25) is 0 Å². The summed E-state index contributed by atoms with van der Waals surface area (Å²) >= 11 is 3.55. The third-order valence-electron chi connectivity index (χ3n) is 5.97. The lowest BCUT2D eigenvalue weighted by Gasteiger charge is -2.43. The molecule has 30 heavy (non-hydrogen) atoms. The van der Waals surface area contributed by atoms with Gasteiger partial charge in [0, 0.05) is 41.3 Å². The third-order valence-corrected chi connectivity index (χ3v) is 6.59. The van der Waals surface area contributed by atoms with E-state index in [0.29, 0.717) is 62.0 Å². The largest absolute Gasteiger partial charge is 0.493 e. The Morgan fingerprint density at radius 2 is 1.70 bits per heavy atom. The number of hydrogen-bond donors (Lipinski definition) is 1. The zero-order valence-corrected chi connectivity index (χ0v) is 18.5. The number of ketones is 2. The number of carbonyl (C=O) groups excluding carboxylic acids is 2. The molecule has 7 heteroatoms. The quantitative estimate of drug-likeness (QED) is 0.684. The van der Waals surface area contributed by atoms with Gasteiger partial charge in [0.1, 0.15) is 12.3 Å². The maximum atomic E-state index is 13.1. The van der Waals surface area contributed by atoms with E-state index in [1.165, 1.54) is 0 Å². The fraction of sp³-hybridized carbons (Fsp3) is 0.435. The van der Waals surface area contributed by atoms with Crippen molar-refractivity contribution in [3.8, 4) is 5.75 Å². The number of carboxylic acid groups (broad SMARTS) is 1. The van der Waals surface area contributed by atoms with Crippen LogP contribution in [0, 0.1) is 0 Å². The summed E-state index contributed by atoms with van der Waals surface area (Å²) in [5, 5.41) is 9.50. The van der Waals surface area contributed by atoms with Crippen molar-refractivity contribution >= 4 is 33.5 Å². The number of ether oxygens (including phenoxy) is 1. The number of carboxylic acids is 1. The summed E-state index contributed by atoms with van der Waals surface area (Å²) in [6, 6.07) is 5.68. The average molecular weight is 474 g/mol. The second-order valence-corrected chi connectivity index (χ2v) is 8.66. The van der Waals surface area contributed by atoms with E-state index in [2.05, 4.69) is 15.9 Å². The first-order valence-corrected chi connectivity index (χ1v) is 11.2. The summed E-state index contributed by atoms with van der Waals surface area (Å²) < 4.78 is 6.39. The highest BCUT2D eigenvalue weighted by Crippen LogP contribution is 2.49. The molecule has 0 unspecified atom stereocenters. The Hall–Kier alpha value is -2.41. The minimum atomic E-state index is -0.966. The van der Waals surface area contributed by atoms with Crippen molar-refractivity contribution in [1.82, 2.24) is 4.90 Å². The third kappa shape index (κ3) is 3.60.